The van der Waals surface area contributed by atoms with Crippen LogP contribution in [0.1, 0.15) is 23.2 Å². The van der Waals surface area contributed by atoms with Crippen LogP contribution in [0.3, 0.4) is 0 Å². The lowest BCUT2D eigenvalue weighted by molar-refractivity contribution is -0.0861. The Hall–Kier alpha value is -2.31. The van der Waals surface area contributed by atoms with Gasteiger partial charge in [-0.25, -0.2) is 27.2 Å². The molecule has 0 saturated carbocycles. The molecule has 1 aliphatic carbocycles. The summed E-state index contributed by atoms with van der Waals surface area (Å²) in [6.45, 7) is -1.64. The first-order valence-electron chi connectivity index (χ1n) is 10.0. The van der Waals surface area contributed by atoms with E-state index in [1.165, 1.54) is 0 Å². The lowest BCUT2D eigenvalue weighted by Crippen LogP contribution is -2.67. The third-order valence-electron chi connectivity index (χ3n) is 6.39. The lowest BCUT2D eigenvalue weighted by atomic mass is 9.92. The quantitative estimate of drug-likeness (QED) is 0.651. The van der Waals surface area contributed by atoms with Crippen molar-refractivity contribution < 1.29 is 31.1 Å². The molecule has 2 aromatic rings. The summed E-state index contributed by atoms with van der Waals surface area (Å²) in [6.07, 6.45) is -0.437. The van der Waals surface area contributed by atoms with Crippen LogP contribution in [0.15, 0.2) is 24.3 Å². The van der Waals surface area contributed by atoms with Gasteiger partial charge in [0.2, 0.25) is 5.95 Å². The molecule has 172 valence electrons. The highest BCUT2D eigenvalue weighted by Gasteiger charge is 2.56. The van der Waals surface area contributed by atoms with E-state index < -0.39 is 58.5 Å². The van der Waals surface area contributed by atoms with E-state index in [9.17, 15) is 31.1 Å². The molecular formula is C20H20F4N4O3S. The normalized spacial score (nSPS) is 26.2. The number of aliphatic hydroxyl groups excluding tert-OH is 1. The van der Waals surface area contributed by atoms with Crippen LogP contribution in [0.4, 0.5) is 23.5 Å². The Kier molecular flexibility index (Phi) is 4.45. The van der Waals surface area contributed by atoms with Gasteiger partial charge < -0.3 is 15.7 Å². The second kappa shape index (κ2) is 6.61. The molecule has 1 aromatic heterocycles. The van der Waals surface area contributed by atoms with E-state index in [-0.39, 0.29) is 35.1 Å². The van der Waals surface area contributed by atoms with E-state index in [1.54, 1.807) is 24.3 Å². The highest BCUT2D eigenvalue weighted by molar-refractivity contribution is 7.93. The third kappa shape index (κ3) is 3.19. The Morgan fingerprint density at radius 2 is 1.78 bits per heavy atom. The Bertz CT molecular complexity index is 1190. The standard InChI is InChI=1S/C20H20F4N4O3S/c21-19(22)6-5-13-15(11-1-3-12(4-2-11)18(25)9-32(30,31)10-18)26-17(27-16(13)19)28-8-20(23,24)14(28)7-29/h1-4,14,29H,5-10,25H2. The first-order valence-corrected chi connectivity index (χ1v) is 11.8. The number of fused-ring (bicyclic) bond motifs is 1. The summed E-state index contributed by atoms with van der Waals surface area (Å²) in [5, 5.41) is 9.33. The van der Waals surface area contributed by atoms with Crippen LogP contribution in [-0.4, -0.2) is 60.1 Å². The number of aromatic nitrogens is 2. The van der Waals surface area contributed by atoms with E-state index >= 15 is 0 Å². The van der Waals surface area contributed by atoms with Crippen LogP contribution >= 0.6 is 0 Å². The van der Waals surface area contributed by atoms with Crippen molar-refractivity contribution in [3.05, 3.63) is 41.1 Å². The van der Waals surface area contributed by atoms with Crippen molar-refractivity contribution in [1.29, 1.82) is 0 Å². The molecule has 12 heteroatoms. The maximum atomic E-state index is 14.5. The number of sulfone groups is 1. The summed E-state index contributed by atoms with van der Waals surface area (Å²) < 4.78 is 79.6. The van der Waals surface area contributed by atoms with Crippen LogP contribution in [0.25, 0.3) is 11.3 Å². The number of nitrogens with two attached hydrogens (primary N) is 1. The Morgan fingerprint density at radius 3 is 2.34 bits per heavy atom. The van der Waals surface area contributed by atoms with Crippen molar-refractivity contribution in [2.24, 2.45) is 5.73 Å². The highest BCUT2D eigenvalue weighted by atomic mass is 32.2. The van der Waals surface area contributed by atoms with Crippen LogP contribution in [0.5, 0.6) is 0 Å². The minimum Gasteiger partial charge on any atom is -0.394 e. The van der Waals surface area contributed by atoms with Crippen molar-refractivity contribution in [1.82, 2.24) is 9.97 Å². The van der Waals surface area contributed by atoms with Crippen molar-refractivity contribution in [3.8, 4) is 11.3 Å². The zero-order valence-electron chi connectivity index (χ0n) is 16.7. The van der Waals surface area contributed by atoms with Crippen molar-refractivity contribution in [2.75, 3.05) is 29.6 Å². The third-order valence-corrected chi connectivity index (χ3v) is 8.30. The van der Waals surface area contributed by atoms with E-state index in [0.717, 1.165) is 4.90 Å². The second-order valence-electron chi connectivity index (χ2n) is 8.76. The number of hydrogen-bond donors (Lipinski definition) is 2. The van der Waals surface area contributed by atoms with E-state index in [0.29, 0.717) is 11.1 Å². The average molecular weight is 472 g/mol. The SMILES string of the molecule is NC1(c2ccc(-c3nc(N4CC(F)(F)C4CO)nc4c3CCC4(F)F)cc2)CS(=O)(=O)C1. The molecule has 32 heavy (non-hydrogen) atoms. The van der Waals surface area contributed by atoms with Crippen LogP contribution in [-0.2, 0) is 27.7 Å². The van der Waals surface area contributed by atoms with Crippen molar-refractivity contribution >= 4 is 15.8 Å². The summed E-state index contributed by atoms with van der Waals surface area (Å²) in [4.78, 5) is 9.26. The maximum absolute atomic E-state index is 14.5. The largest absolute Gasteiger partial charge is 0.394 e. The second-order valence-corrected chi connectivity index (χ2v) is 10.8. The van der Waals surface area contributed by atoms with Gasteiger partial charge >= 0.3 is 0 Å². The fourth-order valence-corrected chi connectivity index (χ4v) is 6.47. The zero-order valence-corrected chi connectivity index (χ0v) is 17.5. The molecule has 2 saturated heterocycles. The van der Waals surface area contributed by atoms with Crippen molar-refractivity contribution in [3.63, 3.8) is 0 Å². The van der Waals surface area contributed by atoms with Gasteiger partial charge in [-0.2, -0.15) is 8.78 Å². The number of alkyl halides is 4. The van der Waals surface area contributed by atoms with E-state index in [1.807, 2.05) is 0 Å². The van der Waals surface area contributed by atoms with Gasteiger partial charge in [0.1, 0.15) is 11.7 Å². The first-order chi connectivity index (χ1) is 14.9. The molecular weight excluding hydrogens is 452 g/mol. The molecule has 1 atom stereocenters. The Labute approximate surface area is 181 Å². The molecule has 2 fully saturated rings. The van der Waals surface area contributed by atoms with Crippen molar-refractivity contribution in [2.45, 2.75) is 36.3 Å². The fraction of sp³-hybridized carbons (Fsp3) is 0.500. The van der Waals surface area contributed by atoms with Gasteiger partial charge in [-0.15, -0.1) is 0 Å². The monoisotopic (exact) mass is 472 g/mol. The summed E-state index contributed by atoms with van der Waals surface area (Å²) in [5.41, 5.74) is 6.16. The zero-order chi connectivity index (χ0) is 23.1. The Morgan fingerprint density at radius 1 is 1.12 bits per heavy atom. The fourth-order valence-electron chi connectivity index (χ4n) is 4.65. The molecule has 0 bridgehead atoms. The van der Waals surface area contributed by atoms with Gasteiger partial charge in [0.15, 0.2) is 9.84 Å². The molecule has 0 radical (unpaired) electrons. The van der Waals surface area contributed by atoms with Crippen LogP contribution < -0.4 is 10.6 Å². The predicted molar refractivity (Wildman–Crippen MR) is 107 cm³/mol. The van der Waals surface area contributed by atoms with Crippen LogP contribution in [0.2, 0.25) is 0 Å². The number of anilines is 1. The van der Waals surface area contributed by atoms with Gasteiger partial charge in [-0.1, -0.05) is 24.3 Å². The summed E-state index contributed by atoms with van der Waals surface area (Å²) in [5.74, 6) is -7.02. The first kappa shape index (κ1) is 21.5. The highest BCUT2D eigenvalue weighted by Crippen LogP contribution is 2.46. The van der Waals surface area contributed by atoms with E-state index in [4.69, 9.17) is 5.73 Å². The molecule has 7 nitrogen and oxygen atoms in total. The molecule has 5 rings (SSSR count). The molecule has 1 unspecified atom stereocenters. The molecule has 2 aliphatic heterocycles. The maximum Gasteiger partial charge on any atom is 0.290 e. The van der Waals surface area contributed by atoms with Gasteiger partial charge in [0.05, 0.1) is 35.9 Å². The number of nitrogens with zero attached hydrogens (tertiary/aromatic N) is 3. The van der Waals surface area contributed by atoms with Gasteiger partial charge in [-0.05, 0) is 12.0 Å². The number of rotatable bonds is 4. The minimum absolute atomic E-state index is 0.0261. The number of aliphatic hydroxyl groups is 1. The lowest BCUT2D eigenvalue weighted by Gasteiger charge is -2.46. The minimum atomic E-state index is -3.22. The smallest absolute Gasteiger partial charge is 0.290 e. The summed E-state index contributed by atoms with van der Waals surface area (Å²) in [6, 6.07) is 4.88. The average Bonchev–Trinajstić information content (AvgIpc) is 2.99. The summed E-state index contributed by atoms with van der Waals surface area (Å²) in [7, 11) is -3.17. The molecule has 1 aromatic carbocycles. The molecule has 0 amide bonds. The summed E-state index contributed by atoms with van der Waals surface area (Å²) >= 11 is 0. The molecule has 3 aliphatic rings. The van der Waals surface area contributed by atoms with E-state index in [2.05, 4.69) is 9.97 Å². The molecule has 3 N–H and O–H groups in total. The van der Waals surface area contributed by atoms with Gasteiger partial charge in [0, 0.05) is 17.5 Å². The van der Waals surface area contributed by atoms with Crippen LogP contribution in [0, 0.1) is 0 Å². The van der Waals surface area contributed by atoms with Gasteiger partial charge in [-0.3, -0.25) is 0 Å². The number of benzene rings is 1. The topological polar surface area (TPSA) is 109 Å². The van der Waals surface area contributed by atoms with Gasteiger partial charge in [0.25, 0.3) is 11.8 Å². The predicted octanol–water partition coefficient (Wildman–Crippen LogP) is 1.58. The Balaban J connectivity index is 1.55. The molecule has 3 heterocycles. The number of hydrogen-bond acceptors (Lipinski definition) is 7. The number of halogens is 4. The molecule has 0 spiro atoms.